The maximum atomic E-state index is 5.95. The summed E-state index contributed by atoms with van der Waals surface area (Å²) in [5, 5.41) is 0. The molecule has 0 bridgehead atoms. The van der Waals surface area contributed by atoms with Crippen LogP contribution in [-0.2, 0) is 7.05 Å². The molecule has 0 aliphatic heterocycles. The van der Waals surface area contributed by atoms with Crippen molar-refractivity contribution in [3.05, 3.63) is 24.4 Å². The molecular weight excluding hydrogens is 198 g/mol. The van der Waals surface area contributed by atoms with E-state index in [0.717, 1.165) is 5.88 Å². The number of pyridine rings is 1. The van der Waals surface area contributed by atoms with Crippen LogP contribution < -0.4 is 9.30 Å². The molecule has 0 unspecified atom stereocenters. The van der Waals surface area contributed by atoms with Crippen molar-refractivity contribution in [3.8, 4) is 5.88 Å². The molecule has 1 aliphatic carbocycles. The number of aromatic nitrogens is 1. The quantitative estimate of drug-likeness (QED) is 0.700. The second kappa shape index (κ2) is 7.26. The Morgan fingerprint density at radius 2 is 1.81 bits per heavy atom. The molecule has 0 N–H and O–H groups in total. The minimum Gasteiger partial charge on any atom is -0.441 e. The zero-order valence-electron chi connectivity index (χ0n) is 10.8. The minimum atomic E-state index is 0.442. The molecule has 0 saturated heterocycles. The van der Waals surface area contributed by atoms with E-state index in [9.17, 15) is 0 Å². The van der Waals surface area contributed by atoms with Crippen LogP contribution in [0.1, 0.15) is 46.0 Å². The minimum absolute atomic E-state index is 0.442. The van der Waals surface area contributed by atoms with Crippen LogP contribution in [0.3, 0.4) is 0 Å². The Labute approximate surface area is 99.3 Å². The first-order chi connectivity index (χ1) is 7.86. The molecule has 1 fully saturated rings. The van der Waals surface area contributed by atoms with Gasteiger partial charge >= 0.3 is 5.88 Å². The van der Waals surface area contributed by atoms with Crippen LogP contribution >= 0.6 is 0 Å². The van der Waals surface area contributed by atoms with Gasteiger partial charge in [-0.1, -0.05) is 20.3 Å². The molecular formula is C14H24NO+. The Morgan fingerprint density at radius 1 is 1.12 bits per heavy atom. The zero-order chi connectivity index (χ0) is 11.8. The Hall–Kier alpha value is -1.05. The highest BCUT2D eigenvalue weighted by molar-refractivity contribution is 5.03. The predicted octanol–water partition coefficient (Wildman–Crippen LogP) is 3.25. The summed E-state index contributed by atoms with van der Waals surface area (Å²) in [6.07, 6.45) is 8.92. The lowest BCUT2D eigenvalue weighted by atomic mass is 9.98. The number of aryl methyl sites for hydroxylation is 1. The normalized spacial score (nSPS) is 16.2. The Morgan fingerprint density at radius 3 is 2.44 bits per heavy atom. The zero-order valence-corrected chi connectivity index (χ0v) is 10.8. The molecule has 0 atom stereocenters. The Bertz CT molecular complexity index is 293. The van der Waals surface area contributed by atoms with E-state index in [2.05, 4.69) is 0 Å². The van der Waals surface area contributed by atoms with Crippen molar-refractivity contribution in [3.63, 3.8) is 0 Å². The first kappa shape index (κ1) is 13.0. The largest absolute Gasteiger partial charge is 0.441 e. The second-order valence-corrected chi connectivity index (χ2v) is 4.03. The van der Waals surface area contributed by atoms with Gasteiger partial charge in [0, 0.05) is 6.07 Å². The molecule has 0 spiro atoms. The topological polar surface area (TPSA) is 13.1 Å². The lowest BCUT2D eigenvalue weighted by Gasteiger charge is -2.20. The van der Waals surface area contributed by atoms with E-state index >= 15 is 0 Å². The standard InChI is InChI=1S/C12H18NO.C2H6/c1-13-10-6-5-9-12(13)14-11-7-3-2-4-8-11;1-2/h5-6,9-11H,2-4,7-8H2,1H3;1-2H3/q+1;. The van der Waals surface area contributed by atoms with Gasteiger partial charge in [-0.25, -0.2) is 0 Å². The van der Waals surface area contributed by atoms with Gasteiger partial charge in [-0.05, 0) is 31.7 Å². The fraction of sp³-hybridized carbons (Fsp3) is 0.643. The van der Waals surface area contributed by atoms with E-state index < -0.39 is 0 Å². The number of rotatable bonds is 2. The van der Waals surface area contributed by atoms with E-state index in [1.54, 1.807) is 0 Å². The molecule has 90 valence electrons. The fourth-order valence-electron chi connectivity index (χ4n) is 1.98. The van der Waals surface area contributed by atoms with Gasteiger partial charge in [-0.15, -0.1) is 0 Å². The molecule has 0 radical (unpaired) electrons. The summed E-state index contributed by atoms with van der Waals surface area (Å²) in [4.78, 5) is 0. The van der Waals surface area contributed by atoms with Crippen LogP contribution in [0.2, 0.25) is 0 Å². The van der Waals surface area contributed by atoms with Crippen molar-refractivity contribution in [1.29, 1.82) is 0 Å². The summed E-state index contributed by atoms with van der Waals surface area (Å²) in [5.74, 6) is 0.986. The monoisotopic (exact) mass is 222 g/mol. The van der Waals surface area contributed by atoms with Crippen molar-refractivity contribution < 1.29 is 9.30 Å². The third-order valence-corrected chi connectivity index (χ3v) is 2.85. The Kier molecular flexibility index (Phi) is 5.91. The summed E-state index contributed by atoms with van der Waals surface area (Å²) in [6, 6.07) is 6.08. The lowest BCUT2D eigenvalue weighted by Crippen LogP contribution is -2.33. The number of hydrogen-bond acceptors (Lipinski definition) is 1. The molecule has 1 heterocycles. The van der Waals surface area contributed by atoms with Crippen molar-refractivity contribution in [2.45, 2.75) is 52.1 Å². The fourth-order valence-corrected chi connectivity index (χ4v) is 1.98. The van der Waals surface area contributed by atoms with Crippen LogP contribution in [0.25, 0.3) is 0 Å². The molecule has 2 nitrogen and oxygen atoms in total. The molecule has 16 heavy (non-hydrogen) atoms. The summed E-state index contributed by atoms with van der Waals surface area (Å²) >= 11 is 0. The van der Waals surface area contributed by atoms with Crippen LogP contribution in [0.5, 0.6) is 5.88 Å². The lowest BCUT2D eigenvalue weighted by molar-refractivity contribution is -0.678. The Balaban J connectivity index is 0.000000606. The highest BCUT2D eigenvalue weighted by atomic mass is 16.5. The maximum absolute atomic E-state index is 5.95. The van der Waals surface area contributed by atoms with Crippen LogP contribution in [0.15, 0.2) is 24.4 Å². The van der Waals surface area contributed by atoms with Gasteiger partial charge in [0.1, 0.15) is 13.2 Å². The van der Waals surface area contributed by atoms with Gasteiger partial charge in [-0.3, -0.25) is 0 Å². The molecule has 1 aliphatic rings. The van der Waals surface area contributed by atoms with Gasteiger partial charge in [0.25, 0.3) is 0 Å². The molecule has 2 heteroatoms. The van der Waals surface area contributed by atoms with E-state index in [1.807, 2.05) is 49.9 Å². The molecule has 2 rings (SSSR count). The molecule has 0 aromatic carbocycles. The van der Waals surface area contributed by atoms with Crippen LogP contribution in [0.4, 0.5) is 0 Å². The van der Waals surface area contributed by atoms with Gasteiger partial charge in [0.2, 0.25) is 0 Å². The first-order valence-electron chi connectivity index (χ1n) is 6.47. The molecule has 1 aromatic rings. The predicted molar refractivity (Wildman–Crippen MR) is 66.5 cm³/mol. The van der Waals surface area contributed by atoms with Crippen LogP contribution in [0, 0.1) is 0 Å². The van der Waals surface area contributed by atoms with E-state index in [0.29, 0.717) is 6.10 Å². The van der Waals surface area contributed by atoms with Crippen molar-refractivity contribution >= 4 is 0 Å². The van der Waals surface area contributed by atoms with Gasteiger partial charge in [-0.2, -0.15) is 4.57 Å². The number of hydrogen-bond donors (Lipinski definition) is 0. The van der Waals surface area contributed by atoms with E-state index in [-0.39, 0.29) is 0 Å². The van der Waals surface area contributed by atoms with E-state index in [4.69, 9.17) is 4.74 Å². The van der Waals surface area contributed by atoms with Gasteiger partial charge < -0.3 is 4.74 Å². The third kappa shape index (κ3) is 3.84. The van der Waals surface area contributed by atoms with E-state index in [1.165, 1.54) is 32.1 Å². The summed E-state index contributed by atoms with van der Waals surface area (Å²) in [5.41, 5.74) is 0. The highest BCUT2D eigenvalue weighted by Gasteiger charge is 2.18. The van der Waals surface area contributed by atoms with Gasteiger partial charge in [0.15, 0.2) is 6.20 Å². The smallest absolute Gasteiger partial charge is 0.367 e. The SMILES string of the molecule is CC.C[n+]1ccccc1OC1CCCCC1. The average molecular weight is 222 g/mol. The second-order valence-electron chi connectivity index (χ2n) is 4.03. The van der Waals surface area contributed by atoms with Crippen molar-refractivity contribution in [2.24, 2.45) is 7.05 Å². The number of nitrogens with zero attached hydrogens (tertiary/aromatic N) is 1. The van der Waals surface area contributed by atoms with Crippen molar-refractivity contribution in [2.75, 3.05) is 0 Å². The summed E-state index contributed by atoms with van der Waals surface area (Å²) in [6.45, 7) is 4.00. The maximum Gasteiger partial charge on any atom is 0.367 e. The van der Waals surface area contributed by atoms with Gasteiger partial charge in [0.05, 0.1) is 6.07 Å². The van der Waals surface area contributed by atoms with Crippen LogP contribution in [-0.4, -0.2) is 6.10 Å². The molecule has 1 saturated carbocycles. The molecule has 1 aromatic heterocycles. The third-order valence-electron chi connectivity index (χ3n) is 2.85. The molecule has 0 amide bonds. The highest BCUT2D eigenvalue weighted by Crippen LogP contribution is 2.21. The summed E-state index contributed by atoms with van der Waals surface area (Å²) in [7, 11) is 2.03. The number of ether oxygens (including phenoxy) is 1. The first-order valence-corrected chi connectivity index (χ1v) is 6.47. The summed E-state index contributed by atoms with van der Waals surface area (Å²) < 4.78 is 7.99. The average Bonchev–Trinajstić information content (AvgIpc) is 2.36. The van der Waals surface area contributed by atoms with Crippen molar-refractivity contribution in [1.82, 2.24) is 0 Å².